The minimum atomic E-state index is -1.61. The second-order valence-corrected chi connectivity index (χ2v) is 5.39. The summed E-state index contributed by atoms with van der Waals surface area (Å²) in [6.45, 7) is 1.54. The summed E-state index contributed by atoms with van der Waals surface area (Å²) in [6.07, 6.45) is -2.76. The molecule has 2 aromatic rings. The number of hydrogen-bond acceptors (Lipinski definition) is 7. The van der Waals surface area contributed by atoms with Crippen LogP contribution in [0.3, 0.4) is 0 Å². The number of carbonyl (C=O) groups excluding carboxylic acids is 1. The molecular weight excluding hydrogens is 304 g/mol. The molecule has 0 saturated heterocycles. The van der Waals surface area contributed by atoms with Crippen molar-refractivity contribution in [2.45, 2.75) is 19.1 Å². The van der Waals surface area contributed by atoms with Gasteiger partial charge in [0.1, 0.15) is 22.8 Å². The van der Waals surface area contributed by atoms with Crippen LogP contribution in [-0.2, 0) is 0 Å². The zero-order valence-electron chi connectivity index (χ0n) is 12.0. The fourth-order valence-electron chi connectivity index (χ4n) is 2.62. The molecule has 23 heavy (non-hydrogen) atoms. The second-order valence-electron chi connectivity index (χ2n) is 5.39. The van der Waals surface area contributed by atoms with Crippen LogP contribution in [0.15, 0.2) is 24.3 Å². The molecule has 7 nitrogen and oxygen atoms in total. The normalized spacial score (nSPS) is 20.0. The highest BCUT2D eigenvalue weighted by atomic mass is 16.5. The lowest BCUT2D eigenvalue weighted by Gasteiger charge is -2.30. The Bertz CT molecular complexity index is 789. The summed E-state index contributed by atoms with van der Waals surface area (Å²) in [4.78, 5) is 12.3. The van der Waals surface area contributed by atoms with Crippen LogP contribution in [0, 0.1) is 6.92 Å². The molecular formula is C16H14O7. The van der Waals surface area contributed by atoms with Crippen LogP contribution < -0.4 is 4.74 Å². The van der Waals surface area contributed by atoms with E-state index in [2.05, 4.69) is 0 Å². The SMILES string of the molecule is Cc1cc(C2Oc3cc(O)cc(O)c3C(=O)C2O)cc(O)c1O. The summed E-state index contributed by atoms with van der Waals surface area (Å²) in [5, 5.41) is 48.8. The van der Waals surface area contributed by atoms with Gasteiger partial charge >= 0.3 is 0 Å². The largest absolute Gasteiger partial charge is 0.508 e. The lowest BCUT2D eigenvalue weighted by atomic mass is 9.92. The van der Waals surface area contributed by atoms with Gasteiger partial charge in [0, 0.05) is 12.1 Å². The van der Waals surface area contributed by atoms with Crippen molar-refractivity contribution in [3.8, 4) is 28.7 Å². The van der Waals surface area contributed by atoms with Crippen LogP contribution in [0.1, 0.15) is 27.6 Å². The van der Waals surface area contributed by atoms with Crippen molar-refractivity contribution in [2.24, 2.45) is 0 Å². The first-order chi connectivity index (χ1) is 10.8. The molecule has 0 spiro atoms. The van der Waals surface area contributed by atoms with E-state index in [0.29, 0.717) is 5.56 Å². The van der Waals surface area contributed by atoms with E-state index in [1.165, 1.54) is 12.1 Å². The van der Waals surface area contributed by atoms with Gasteiger partial charge in [-0.2, -0.15) is 0 Å². The number of rotatable bonds is 1. The Morgan fingerprint density at radius 3 is 2.35 bits per heavy atom. The van der Waals surface area contributed by atoms with Crippen molar-refractivity contribution in [2.75, 3.05) is 0 Å². The van der Waals surface area contributed by atoms with Gasteiger partial charge in [0.15, 0.2) is 23.7 Å². The van der Waals surface area contributed by atoms with Crippen LogP contribution in [0.2, 0.25) is 0 Å². The standard InChI is InChI=1S/C16H14O7/c1-6-2-7(3-10(19)13(6)20)16-15(22)14(21)12-9(18)4-8(17)5-11(12)23-16/h2-5,15-20,22H,1H3. The van der Waals surface area contributed by atoms with E-state index in [0.717, 1.165) is 12.1 Å². The van der Waals surface area contributed by atoms with Crippen LogP contribution in [0.5, 0.6) is 28.7 Å². The zero-order chi connectivity index (χ0) is 16.9. The number of aryl methyl sites for hydroxylation is 1. The molecule has 0 aliphatic carbocycles. The van der Waals surface area contributed by atoms with E-state index in [9.17, 15) is 30.3 Å². The summed E-state index contributed by atoms with van der Waals surface area (Å²) in [6, 6.07) is 4.77. The lowest BCUT2D eigenvalue weighted by Crippen LogP contribution is -2.36. The van der Waals surface area contributed by atoms with Crippen LogP contribution in [-0.4, -0.2) is 37.4 Å². The number of hydrogen-bond donors (Lipinski definition) is 5. The Kier molecular flexibility index (Phi) is 3.30. The Labute approximate surface area is 130 Å². The first kappa shape index (κ1) is 15.0. The fourth-order valence-corrected chi connectivity index (χ4v) is 2.62. The molecule has 0 radical (unpaired) electrons. The number of aliphatic hydroxyl groups excluding tert-OH is 1. The quantitative estimate of drug-likeness (QED) is 0.504. The highest BCUT2D eigenvalue weighted by molar-refractivity contribution is 6.05. The van der Waals surface area contributed by atoms with Gasteiger partial charge in [-0.25, -0.2) is 0 Å². The van der Waals surface area contributed by atoms with Crippen LogP contribution in [0.4, 0.5) is 0 Å². The number of ketones is 1. The first-order valence-electron chi connectivity index (χ1n) is 6.77. The van der Waals surface area contributed by atoms with Crippen LogP contribution in [0.25, 0.3) is 0 Å². The highest BCUT2D eigenvalue weighted by Crippen LogP contribution is 2.43. The molecule has 2 atom stereocenters. The van der Waals surface area contributed by atoms with Gasteiger partial charge in [-0.1, -0.05) is 0 Å². The van der Waals surface area contributed by atoms with E-state index in [-0.39, 0.29) is 28.4 Å². The van der Waals surface area contributed by atoms with E-state index < -0.39 is 29.5 Å². The summed E-state index contributed by atoms with van der Waals surface area (Å²) < 4.78 is 5.53. The molecule has 0 fully saturated rings. The minimum Gasteiger partial charge on any atom is -0.508 e. The van der Waals surface area contributed by atoms with Gasteiger partial charge in [0.05, 0.1) is 0 Å². The van der Waals surface area contributed by atoms with Crippen molar-refractivity contribution in [3.63, 3.8) is 0 Å². The third-order valence-electron chi connectivity index (χ3n) is 3.75. The lowest BCUT2D eigenvalue weighted by molar-refractivity contribution is 0.0209. The molecule has 120 valence electrons. The molecule has 0 bridgehead atoms. The minimum absolute atomic E-state index is 0.0759. The molecule has 1 aliphatic heterocycles. The van der Waals surface area contributed by atoms with Gasteiger partial charge in [-0.05, 0) is 30.2 Å². The molecule has 2 unspecified atom stereocenters. The third-order valence-corrected chi connectivity index (χ3v) is 3.75. The molecule has 7 heteroatoms. The maximum Gasteiger partial charge on any atom is 0.202 e. The number of ether oxygens (including phenoxy) is 1. The molecule has 3 rings (SSSR count). The Morgan fingerprint density at radius 1 is 1.00 bits per heavy atom. The number of carbonyl (C=O) groups is 1. The number of phenolic OH excluding ortho intramolecular Hbond substituents is 4. The molecule has 1 heterocycles. The molecule has 1 aliphatic rings. The molecule has 5 N–H and O–H groups in total. The van der Waals surface area contributed by atoms with E-state index >= 15 is 0 Å². The monoisotopic (exact) mass is 318 g/mol. The number of benzene rings is 2. The molecule has 0 amide bonds. The Morgan fingerprint density at radius 2 is 1.70 bits per heavy atom. The zero-order valence-corrected chi connectivity index (χ0v) is 12.0. The number of aromatic hydroxyl groups is 4. The van der Waals surface area contributed by atoms with Gasteiger partial charge in [0.25, 0.3) is 0 Å². The summed E-state index contributed by atoms with van der Waals surface area (Å²) in [5.74, 6) is -2.35. The van der Waals surface area contributed by atoms with E-state index in [1.807, 2.05) is 0 Å². The predicted octanol–water partition coefficient (Wildman–Crippen LogP) is 1.49. The molecule has 0 aromatic heterocycles. The van der Waals surface area contributed by atoms with Crippen molar-refractivity contribution in [3.05, 3.63) is 41.0 Å². The van der Waals surface area contributed by atoms with Crippen molar-refractivity contribution < 1.29 is 35.1 Å². The summed E-state index contributed by atoms with van der Waals surface area (Å²) in [7, 11) is 0. The van der Waals surface area contributed by atoms with Crippen molar-refractivity contribution in [1.82, 2.24) is 0 Å². The van der Waals surface area contributed by atoms with Gasteiger partial charge in [-0.3, -0.25) is 4.79 Å². The van der Waals surface area contributed by atoms with E-state index in [1.54, 1.807) is 6.92 Å². The summed E-state index contributed by atoms with van der Waals surface area (Å²) in [5.41, 5.74) is 0.395. The second kappa shape index (κ2) is 5.06. The van der Waals surface area contributed by atoms with Crippen molar-refractivity contribution in [1.29, 1.82) is 0 Å². The van der Waals surface area contributed by atoms with Gasteiger partial charge in [-0.15, -0.1) is 0 Å². The average Bonchev–Trinajstić information content (AvgIpc) is 2.47. The van der Waals surface area contributed by atoms with Gasteiger partial charge in [0.2, 0.25) is 5.78 Å². The van der Waals surface area contributed by atoms with Gasteiger partial charge < -0.3 is 30.3 Å². The maximum atomic E-state index is 12.3. The Hall–Kier alpha value is -2.93. The number of aliphatic hydroxyl groups is 1. The predicted molar refractivity (Wildman–Crippen MR) is 78.0 cm³/mol. The Balaban J connectivity index is 2.11. The topological polar surface area (TPSA) is 127 Å². The average molecular weight is 318 g/mol. The fraction of sp³-hybridized carbons (Fsp3) is 0.188. The smallest absolute Gasteiger partial charge is 0.202 e. The molecule has 0 saturated carbocycles. The maximum absolute atomic E-state index is 12.3. The first-order valence-corrected chi connectivity index (χ1v) is 6.77. The molecule has 2 aromatic carbocycles. The number of Topliss-reactive ketones (excluding diaryl/α,β-unsaturated/α-hetero) is 1. The van der Waals surface area contributed by atoms with E-state index in [4.69, 9.17) is 4.74 Å². The van der Waals surface area contributed by atoms with Crippen molar-refractivity contribution >= 4 is 5.78 Å². The highest BCUT2D eigenvalue weighted by Gasteiger charge is 2.39. The number of phenols is 4. The third kappa shape index (κ3) is 2.31. The number of fused-ring (bicyclic) bond motifs is 1. The van der Waals surface area contributed by atoms with Crippen LogP contribution >= 0.6 is 0 Å². The summed E-state index contributed by atoms with van der Waals surface area (Å²) >= 11 is 0.